The Bertz CT molecular complexity index is 747. The second-order valence-electron chi connectivity index (χ2n) is 6.31. The van der Waals surface area contributed by atoms with Crippen LogP contribution >= 0.6 is 0 Å². The molecule has 1 fully saturated rings. The molecule has 0 bridgehead atoms. The quantitative estimate of drug-likeness (QED) is 0.886. The van der Waals surface area contributed by atoms with E-state index in [1.165, 1.54) is 17.3 Å². The van der Waals surface area contributed by atoms with E-state index in [1.807, 2.05) is 6.07 Å². The van der Waals surface area contributed by atoms with Crippen molar-refractivity contribution in [1.29, 1.82) is 0 Å². The van der Waals surface area contributed by atoms with Gasteiger partial charge in [-0.1, -0.05) is 6.07 Å². The van der Waals surface area contributed by atoms with Crippen LogP contribution in [0.25, 0.3) is 0 Å². The summed E-state index contributed by atoms with van der Waals surface area (Å²) in [5.41, 5.74) is 4.01. The minimum absolute atomic E-state index is 0.529. The van der Waals surface area contributed by atoms with E-state index in [0.29, 0.717) is 17.6 Å². The van der Waals surface area contributed by atoms with Crippen LogP contribution in [0.4, 0.5) is 25.8 Å². The monoisotopic (exact) mass is 315 g/mol. The molecule has 0 saturated carbocycles. The zero-order valence-corrected chi connectivity index (χ0v) is 12.9. The van der Waals surface area contributed by atoms with Gasteiger partial charge in [-0.2, -0.15) is 0 Å². The molecule has 3 nitrogen and oxygen atoms in total. The van der Waals surface area contributed by atoms with Crippen molar-refractivity contribution < 1.29 is 8.78 Å². The van der Waals surface area contributed by atoms with Gasteiger partial charge in [-0.15, -0.1) is 0 Å². The Hall–Kier alpha value is -2.14. The molecule has 1 saturated heterocycles. The normalized spacial score (nSPS) is 22.7. The minimum Gasteiger partial charge on any atom is -0.371 e. The van der Waals surface area contributed by atoms with Crippen molar-refractivity contribution in [2.24, 2.45) is 0 Å². The predicted molar refractivity (Wildman–Crippen MR) is 88.5 cm³/mol. The Morgan fingerprint density at radius 1 is 1.09 bits per heavy atom. The standard InChI is InChI=1S/C18H19F2N3/c1-23-17-6-7-21-10-14(17)13-4-2-12(9-18(13)23)22-11-3-5-15(19)16(20)8-11/h2-5,8-9,14,17,21-22H,6-7,10H2,1H3. The number of likely N-dealkylation sites (N-methyl/N-ethyl adjacent to an activating group) is 1. The van der Waals surface area contributed by atoms with Crippen molar-refractivity contribution in [3.8, 4) is 0 Å². The molecule has 0 spiro atoms. The lowest BCUT2D eigenvalue weighted by molar-refractivity contribution is 0.413. The van der Waals surface area contributed by atoms with Crippen molar-refractivity contribution in [2.45, 2.75) is 18.4 Å². The van der Waals surface area contributed by atoms with Gasteiger partial charge in [0.25, 0.3) is 0 Å². The average molecular weight is 315 g/mol. The third-order valence-electron chi connectivity index (χ3n) is 4.96. The topological polar surface area (TPSA) is 27.3 Å². The van der Waals surface area contributed by atoms with Crippen molar-refractivity contribution >= 4 is 17.1 Å². The summed E-state index contributed by atoms with van der Waals surface area (Å²) in [7, 11) is 2.14. The molecule has 0 amide bonds. The molecule has 2 aliphatic heterocycles. The van der Waals surface area contributed by atoms with Gasteiger partial charge >= 0.3 is 0 Å². The Morgan fingerprint density at radius 3 is 2.70 bits per heavy atom. The van der Waals surface area contributed by atoms with Gasteiger partial charge in [-0.3, -0.25) is 0 Å². The Morgan fingerprint density at radius 2 is 1.87 bits per heavy atom. The van der Waals surface area contributed by atoms with Gasteiger partial charge in [0.05, 0.1) is 0 Å². The second-order valence-corrected chi connectivity index (χ2v) is 6.31. The third kappa shape index (κ3) is 2.45. The minimum atomic E-state index is -0.842. The summed E-state index contributed by atoms with van der Waals surface area (Å²) in [6.45, 7) is 2.07. The molecular formula is C18H19F2N3. The van der Waals surface area contributed by atoms with Gasteiger partial charge < -0.3 is 15.5 Å². The smallest absolute Gasteiger partial charge is 0.160 e. The summed E-state index contributed by atoms with van der Waals surface area (Å²) >= 11 is 0. The van der Waals surface area contributed by atoms with E-state index in [2.05, 4.69) is 34.7 Å². The van der Waals surface area contributed by atoms with Crippen LogP contribution in [0.15, 0.2) is 36.4 Å². The van der Waals surface area contributed by atoms with E-state index in [1.54, 1.807) is 6.07 Å². The summed E-state index contributed by atoms with van der Waals surface area (Å²) in [5.74, 6) is -1.15. The molecule has 2 atom stereocenters. The van der Waals surface area contributed by atoms with E-state index in [0.717, 1.165) is 31.3 Å². The van der Waals surface area contributed by atoms with Crippen LogP contribution in [0.1, 0.15) is 17.9 Å². The van der Waals surface area contributed by atoms with E-state index >= 15 is 0 Å². The molecule has 2 N–H and O–H groups in total. The number of anilines is 3. The molecule has 2 aromatic rings. The van der Waals surface area contributed by atoms with Crippen LogP contribution in [-0.2, 0) is 0 Å². The number of nitrogens with zero attached hydrogens (tertiary/aromatic N) is 1. The first-order valence-electron chi connectivity index (χ1n) is 7.93. The molecule has 2 aromatic carbocycles. The van der Waals surface area contributed by atoms with Gasteiger partial charge in [0.15, 0.2) is 11.6 Å². The number of fused-ring (bicyclic) bond motifs is 3. The highest BCUT2D eigenvalue weighted by molar-refractivity contribution is 5.71. The molecule has 2 aliphatic rings. The van der Waals surface area contributed by atoms with Crippen molar-refractivity contribution in [3.63, 3.8) is 0 Å². The van der Waals surface area contributed by atoms with Crippen LogP contribution in [0.3, 0.4) is 0 Å². The number of hydrogen-bond donors (Lipinski definition) is 2. The summed E-state index contributed by atoms with van der Waals surface area (Å²) < 4.78 is 26.4. The largest absolute Gasteiger partial charge is 0.371 e. The summed E-state index contributed by atoms with van der Waals surface area (Å²) in [6.07, 6.45) is 1.14. The van der Waals surface area contributed by atoms with E-state index < -0.39 is 11.6 Å². The highest BCUT2D eigenvalue weighted by Crippen LogP contribution is 2.43. The SMILES string of the molecule is CN1c2cc(Nc3ccc(F)c(F)c3)ccc2C2CNCCC21. The average Bonchev–Trinajstić information content (AvgIpc) is 2.84. The molecule has 2 unspecified atom stereocenters. The molecule has 120 valence electrons. The summed E-state index contributed by atoms with van der Waals surface area (Å²) in [4.78, 5) is 2.34. The summed E-state index contributed by atoms with van der Waals surface area (Å²) in [6, 6.07) is 10.6. The number of hydrogen-bond acceptors (Lipinski definition) is 3. The Balaban J connectivity index is 1.63. The molecule has 0 aliphatic carbocycles. The third-order valence-corrected chi connectivity index (χ3v) is 4.96. The molecule has 0 radical (unpaired) electrons. The number of halogens is 2. The fourth-order valence-corrected chi connectivity index (χ4v) is 3.79. The molecule has 5 heteroatoms. The van der Waals surface area contributed by atoms with Gasteiger partial charge in [0.2, 0.25) is 0 Å². The maximum absolute atomic E-state index is 13.3. The van der Waals surface area contributed by atoms with Gasteiger partial charge in [-0.25, -0.2) is 8.78 Å². The van der Waals surface area contributed by atoms with E-state index in [-0.39, 0.29) is 0 Å². The number of benzene rings is 2. The molecule has 2 heterocycles. The molecular weight excluding hydrogens is 296 g/mol. The van der Waals surface area contributed by atoms with Crippen LogP contribution in [0, 0.1) is 11.6 Å². The van der Waals surface area contributed by atoms with Gasteiger partial charge in [0.1, 0.15) is 0 Å². The maximum atomic E-state index is 13.3. The lowest BCUT2D eigenvalue weighted by Gasteiger charge is -2.31. The van der Waals surface area contributed by atoms with Crippen molar-refractivity contribution in [3.05, 3.63) is 53.6 Å². The molecule has 0 aromatic heterocycles. The second kappa shape index (κ2) is 5.49. The van der Waals surface area contributed by atoms with E-state index in [4.69, 9.17) is 0 Å². The maximum Gasteiger partial charge on any atom is 0.160 e. The van der Waals surface area contributed by atoms with Gasteiger partial charge in [0, 0.05) is 48.7 Å². The Kier molecular flexibility index (Phi) is 3.45. The van der Waals surface area contributed by atoms with Crippen LogP contribution in [0.2, 0.25) is 0 Å². The Labute approximate surface area is 134 Å². The van der Waals surface area contributed by atoms with Crippen molar-refractivity contribution in [2.75, 3.05) is 30.4 Å². The fraction of sp³-hybridized carbons (Fsp3) is 0.333. The predicted octanol–water partition coefficient (Wildman–Crippen LogP) is 3.60. The molecule has 4 rings (SSSR count). The lowest BCUT2D eigenvalue weighted by atomic mass is 9.90. The zero-order valence-electron chi connectivity index (χ0n) is 12.9. The fourth-order valence-electron chi connectivity index (χ4n) is 3.79. The summed E-state index contributed by atoms with van der Waals surface area (Å²) in [5, 5.41) is 6.62. The lowest BCUT2D eigenvalue weighted by Crippen LogP contribution is -2.42. The van der Waals surface area contributed by atoms with Gasteiger partial charge in [-0.05, 0) is 42.8 Å². The first-order valence-corrected chi connectivity index (χ1v) is 7.93. The van der Waals surface area contributed by atoms with Crippen molar-refractivity contribution in [1.82, 2.24) is 5.32 Å². The highest BCUT2D eigenvalue weighted by atomic mass is 19.2. The zero-order chi connectivity index (χ0) is 16.0. The number of piperidine rings is 1. The van der Waals surface area contributed by atoms with Crippen LogP contribution < -0.4 is 15.5 Å². The molecule has 23 heavy (non-hydrogen) atoms. The first kappa shape index (κ1) is 14.5. The van der Waals surface area contributed by atoms with Crippen LogP contribution in [0.5, 0.6) is 0 Å². The van der Waals surface area contributed by atoms with Crippen LogP contribution in [-0.4, -0.2) is 26.2 Å². The number of nitrogens with one attached hydrogen (secondary N) is 2. The first-order chi connectivity index (χ1) is 11.1. The van der Waals surface area contributed by atoms with E-state index in [9.17, 15) is 8.78 Å². The highest BCUT2D eigenvalue weighted by Gasteiger charge is 2.37. The number of rotatable bonds is 2.